The van der Waals surface area contributed by atoms with E-state index in [0.29, 0.717) is 24.9 Å². The summed E-state index contributed by atoms with van der Waals surface area (Å²) in [5.41, 5.74) is 1.34. The van der Waals surface area contributed by atoms with Crippen LogP contribution >= 0.6 is 24.0 Å². The van der Waals surface area contributed by atoms with E-state index in [1.165, 1.54) is 5.56 Å². The Balaban J connectivity index is 0.00000420. The molecule has 0 amide bonds. The first kappa shape index (κ1) is 25.4. The summed E-state index contributed by atoms with van der Waals surface area (Å²) in [5.74, 6) is 2.48. The summed E-state index contributed by atoms with van der Waals surface area (Å²) in [5, 5.41) is 10.7. The van der Waals surface area contributed by atoms with E-state index < -0.39 is 0 Å². The molecule has 29 heavy (non-hydrogen) atoms. The number of guanidine groups is 1. The Hall–Kier alpha value is -1.68. The molecular formula is C21H35IN6O. The maximum atomic E-state index is 5.26. The number of benzene rings is 1. The van der Waals surface area contributed by atoms with E-state index in [9.17, 15) is 0 Å². The maximum Gasteiger partial charge on any atom is 0.228 e. The summed E-state index contributed by atoms with van der Waals surface area (Å²) in [6.07, 6.45) is 1.71. The van der Waals surface area contributed by atoms with Crippen LogP contribution in [0.4, 0.5) is 0 Å². The lowest BCUT2D eigenvalue weighted by Gasteiger charge is -2.25. The average Bonchev–Trinajstić information content (AvgIpc) is 3.16. The summed E-state index contributed by atoms with van der Waals surface area (Å²) < 4.78 is 5.26. The average molecular weight is 514 g/mol. The van der Waals surface area contributed by atoms with Gasteiger partial charge >= 0.3 is 0 Å². The zero-order valence-electron chi connectivity index (χ0n) is 18.2. The standard InChI is InChI=1S/C21H34N6O.HI/c1-16(2)20-25-19(28-26-20)12-14-24-21(22-4)23-13-11-17(3)27(5)15-18-9-7-6-8-10-18;/h6-10,16-17H,11-15H2,1-5H3,(H2,22,23,24);1H. The molecule has 1 heterocycles. The molecule has 0 saturated heterocycles. The maximum absolute atomic E-state index is 5.26. The topological polar surface area (TPSA) is 78.6 Å². The van der Waals surface area contributed by atoms with E-state index in [1.807, 2.05) is 0 Å². The highest BCUT2D eigenvalue weighted by molar-refractivity contribution is 14.0. The Bertz CT molecular complexity index is 719. The van der Waals surface area contributed by atoms with Gasteiger partial charge < -0.3 is 15.2 Å². The first-order valence-electron chi connectivity index (χ1n) is 10.0. The van der Waals surface area contributed by atoms with E-state index in [1.54, 1.807) is 7.05 Å². The number of halogens is 1. The van der Waals surface area contributed by atoms with Crippen molar-refractivity contribution in [1.29, 1.82) is 0 Å². The van der Waals surface area contributed by atoms with Crippen molar-refractivity contribution < 1.29 is 4.52 Å². The van der Waals surface area contributed by atoms with Gasteiger partial charge in [-0.15, -0.1) is 24.0 Å². The molecule has 7 nitrogen and oxygen atoms in total. The van der Waals surface area contributed by atoms with Crippen LogP contribution in [0.3, 0.4) is 0 Å². The van der Waals surface area contributed by atoms with Gasteiger partial charge in [-0.3, -0.25) is 9.89 Å². The lowest BCUT2D eigenvalue weighted by Crippen LogP contribution is -2.40. The molecule has 1 unspecified atom stereocenters. The lowest BCUT2D eigenvalue weighted by molar-refractivity contribution is 0.238. The molecule has 162 valence electrons. The molecule has 0 spiro atoms. The van der Waals surface area contributed by atoms with Gasteiger partial charge in [0.25, 0.3) is 0 Å². The summed E-state index contributed by atoms with van der Waals surface area (Å²) in [7, 11) is 3.95. The lowest BCUT2D eigenvalue weighted by atomic mass is 10.1. The number of aromatic nitrogens is 2. The highest BCUT2D eigenvalue weighted by atomic mass is 127. The molecule has 0 saturated carbocycles. The second kappa shape index (κ2) is 13.5. The molecule has 1 atom stereocenters. The van der Waals surface area contributed by atoms with E-state index in [2.05, 4.69) is 88.8 Å². The quantitative estimate of drug-likeness (QED) is 0.288. The van der Waals surface area contributed by atoms with Gasteiger partial charge in [-0.25, -0.2) is 0 Å². The Morgan fingerprint density at radius 2 is 1.83 bits per heavy atom. The molecule has 0 radical (unpaired) electrons. The Labute approximate surface area is 191 Å². The Morgan fingerprint density at radius 3 is 2.45 bits per heavy atom. The second-order valence-electron chi connectivity index (χ2n) is 7.42. The predicted molar refractivity (Wildman–Crippen MR) is 129 cm³/mol. The molecule has 2 aromatic rings. The van der Waals surface area contributed by atoms with Crippen LogP contribution in [0.2, 0.25) is 0 Å². The fraction of sp³-hybridized carbons (Fsp3) is 0.571. The van der Waals surface area contributed by atoms with Crippen LogP contribution in [0.5, 0.6) is 0 Å². The number of nitrogens with one attached hydrogen (secondary N) is 2. The normalized spacial score (nSPS) is 12.7. The number of aliphatic imine (C=N–C) groups is 1. The molecule has 0 aliphatic carbocycles. The Kier molecular flexibility index (Phi) is 11.8. The largest absolute Gasteiger partial charge is 0.356 e. The number of rotatable bonds is 10. The van der Waals surface area contributed by atoms with Crippen molar-refractivity contribution in [2.75, 3.05) is 27.2 Å². The fourth-order valence-electron chi connectivity index (χ4n) is 2.76. The summed E-state index contributed by atoms with van der Waals surface area (Å²) in [4.78, 5) is 11.0. The first-order valence-corrected chi connectivity index (χ1v) is 10.0. The molecule has 2 N–H and O–H groups in total. The minimum Gasteiger partial charge on any atom is -0.356 e. The van der Waals surface area contributed by atoms with Crippen molar-refractivity contribution in [2.45, 2.75) is 52.1 Å². The van der Waals surface area contributed by atoms with Crippen molar-refractivity contribution >= 4 is 29.9 Å². The van der Waals surface area contributed by atoms with Crippen molar-refractivity contribution in [3.05, 3.63) is 47.6 Å². The van der Waals surface area contributed by atoms with E-state index in [0.717, 1.165) is 31.3 Å². The monoisotopic (exact) mass is 514 g/mol. The van der Waals surface area contributed by atoms with Gasteiger partial charge in [0, 0.05) is 45.1 Å². The summed E-state index contributed by atoms with van der Waals surface area (Å²) >= 11 is 0. The van der Waals surface area contributed by atoms with Crippen LogP contribution in [0, 0.1) is 0 Å². The van der Waals surface area contributed by atoms with Gasteiger partial charge in [-0.1, -0.05) is 49.3 Å². The zero-order valence-corrected chi connectivity index (χ0v) is 20.5. The van der Waals surface area contributed by atoms with Gasteiger partial charge in [0.1, 0.15) is 0 Å². The minimum absolute atomic E-state index is 0. The number of hydrogen-bond acceptors (Lipinski definition) is 5. The van der Waals surface area contributed by atoms with E-state index >= 15 is 0 Å². The molecule has 0 aliphatic heterocycles. The fourth-order valence-corrected chi connectivity index (χ4v) is 2.76. The van der Waals surface area contributed by atoms with Crippen LogP contribution in [0.1, 0.15) is 50.4 Å². The van der Waals surface area contributed by atoms with E-state index in [-0.39, 0.29) is 29.9 Å². The summed E-state index contributed by atoms with van der Waals surface area (Å²) in [6.45, 7) is 8.87. The van der Waals surface area contributed by atoms with Crippen LogP contribution in [0.25, 0.3) is 0 Å². The third kappa shape index (κ3) is 9.12. The van der Waals surface area contributed by atoms with Gasteiger partial charge in [0.05, 0.1) is 0 Å². The van der Waals surface area contributed by atoms with Gasteiger partial charge in [0.15, 0.2) is 11.8 Å². The third-order valence-corrected chi connectivity index (χ3v) is 4.74. The molecule has 0 bridgehead atoms. The Morgan fingerprint density at radius 1 is 1.14 bits per heavy atom. The summed E-state index contributed by atoms with van der Waals surface area (Å²) in [6, 6.07) is 11.0. The predicted octanol–water partition coefficient (Wildman–Crippen LogP) is 3.43. The molecule has 2 rings (SSSR count). The van der Waals surface area contributed by atoms with Crippen LogP contribution in [0.15, 0.2) is 39.8 Å². The molecule has 1 aromatic heterocycles. The third-order valence-electron chi connectivity index (χ3n) is 4.74. The second-order valence-corrected chi connectivity index (χ2v) is 7.42. The highest BCUT2D eigenvalue weighted by Crippen LogP contribution is 2.10. The molecule has 0 aliphatic rings. The number of hydrogen-bond donors (Lipinski definition) is 2. The first-order chi connectivity index (χ1) is 13.5. The smallest absolute Gasteiger partial charge is 0.228 e. The van der Waals surface area contributed by atoms with Crippen LogP contribution in [-0.2, 0) is 13.0 Å². The molecule has 0 fully saturated rings. The molecule has 1 aromatic carbocycles. The molecule has 8 heteroatoms. The minimum atomic E-state index is 0. The van der Waals surface area contributed by atoms with Crippen molar-refractivity contribution in [1.82, 2.24) is 25.7 Å². The van der Waals surface area contributed by atoms with Crippen molar-refractivity contribution in [3.63, 3.8) is 0 Å². The van der Waals surface area contributed by atoms with Crippen LogP contribution < -0.4 is 10.6 Å². The van der Waals surface area contributed by atoms with Crippen molar-refractivity contribution in [2.24, 2.45) is 4.99 Å². The van der Waals surface area contributed by atoms with Gasteiger partial charge in [-0.2, -0.15) is 4.98 Å². The zero-order chi connectivity index (χ0) is 20.4. The molecular weight excluding hydrogens is 479 g/mol. The van der Waals surface area contributed by atoms with E-state index in [4.69, 9.17) is 4.52 Å². The van der Waals surface area contributed by atoms with Gasteiger partial charge in [-0.05, 0) is 26.0 Å². The van der Waals surface area contributed by atoms with Gasteiger partial charge in [0.2, 0.25) is 5.89 Å². The highest BCUT2D eigenvalue weighted by Gasteiger charge is 2.11. The van der Waals surface area contributed by atoms with Crippen molar-refractivity contribution in [3.8, 4) is 0 Å². The number of nitrogens with zero attached hydrogens (tertiary/aromatic N) is 4. The van der Waals surface area contributed by atoms with Crippen LogP contribution in [-0.4, -0.2) is 54.2 Å². The SMILES string of the molecule is CN=C(NCCc1nc(C(C)C)no1)NCCC(C)N(C)Cc1ccccc1.I.